The normalized spacial score (nSPS) is 10.4. The molecule has 0 saturated heterocycles. The van der Waals surface area contributed by atoms with Crippen LogP contribution in [0.15, 0.2) is 18.2 Å². The van der Waals surface area contributed by atoms with Gasteiger partial charge in [-0.2, -0.15) is 11.8 Å². The lowest BCUT2D eigenvalue weighted by molar-refractivity contribution is 0.0952. The maximum atomic E-state index is 11.8. The van der Waals surface area contributed by atoms with E-state index in [2.05, 4.69) is 11.6 Å². The van der Waals surface area contributed by atoms with Crippen LogP contribution in [0, 0.1) is 6.92 Å². The monoisotopic (exact) mass is 281 g/mol. The maximum Gasteiger partial charge on any atom is 0.251 e. The van der Waals surface area contributed by atoms with E-state index in [-0.39, 0.29) is 11.7 Å². The predicted molar refractivity (Wildman–Crippen MR) is 82.0 cm³/mol. The molecule has 0 unspecified atom stereocenters. The Balaban J connectivity index is 2.22. The third-order valence-corrected chi connectivity index (χ3v) is 3.73. The molecule has 0 saturated carbocycles. The van der Waals surface area contributed by atoms with Gasteiger partial charge >= 0.3 is 0 Å². The summed E-state index contributed by atoms with van der Waals surface area (Å²) >= 11 is 1.88. The number of nitrogens with one attached hydrogen (secondary N) is 1. The summed E-state index contributed by atoms with van der Waals surface area (Å²) in [6.07, 6.45) is 6.76. The van der Waals surface area contributed by atoms with Crippen molar-refractivity contribution in [2.75, 3.05) is 18.6 Å². The number of phenols is 1. The lowest BCUT2D eigenvalue weighted by Crippen LogP contribution is -2.24. The molecule has 3 nitrogen and oxygen atoms in total. The van der Waals surface area contributed by atoms with Gasteiger partial charge in [-0.1, -0.05) is 18.9 Å². The van der Waals surface area contributed by atoms with Gasteiger partial charge in [-0.15, -0.1) is 0 Å². The second kappa shape index (κ2) is 8.86. The number of aromatic hydroxyl groups is 1. The highest BCUT2D eigenvalue weighted by Crippen LogP contribution is 2.17. The molecule has 0 aliphatic rings. The molecular formula is C15H23NO2S. The molecule has 0 heterocycles. The zero-order valence-electron chi connectivity index (χ0n) is 11.7. The van der Waals surface area contributed by atoms with Gasteiger partial charge in [-0.05, 0) is 49.5 Å². The van der Waals surface area contributed by atoms with Crippen LogP contribution in [0.2, 0.25) is 0 Å². The quantitative estimate of drug-likeness (QED) is 0.718. The van der Waals surface area contributed by atoms with E-state index in [1.54, 1.807) is 12.1 Å². The van der Waals surface area contributed by atoms with Gasteiger partial charge in [0.15, 0.2) is 0 Å². The molecule has 0 aliphatic heterocycles. The van der Waals surface area contributed by atoms with Gasteiger partial charge in [-0.25, -0.2) is 0 Å². The molecule has 4 heteroatoms. The summed E-state index contributed by atoms with van der Waals surface area (Å²) < 4.78 is 0. The molecule has 1 rings (SSSR count). The molecule has 0 radical (unpaired) electrons. The molecule has 0 aliphatic carbocycles. The Hall–Kier alpha value is -1.16. The van der Waals surface area contributed by atoms with Crippen molar-refractivity contribution in [3.63, 3.8) is 0 Å². The van der Waals surface area contributed by atoms with Gasteiger partial charge in [0.25, 0.3) is 5.91 Å². The van der Waals surface area contributed by atoms with Crippen LogP contribution in [0.25, 0.3) is 0 Å². The fraction of sp³-hybridized carbons (Fsp3) is 0.533. The van der Waals surface area contributed by atoms with Crippen LogP contribution in [0.4, 0.5) is 0 Å². The highest BCUT2D eigenvalue weighted by molar-refractivity contribution is 7.98. The molecule has 1 aromatic carbocycles. The van der Waals surface area contributed by atoms with E-state index in [0.29, 0.717) is 12.1 Å². The number of unbranched alkanes of at least 4 members (excludes halogenated alkanes) is 3. The fourth-order valence-corrected chi connectivity index (χ4v) is 2.27. The summed E-state index contributed by atoms with van der Waals surface area (Å²) in [4.78, 5) is 11.8. The zero-order chi connectivity index (χ0) is 14.1. The van der Waals surface area contributed by atoms with E-state index in [9.17, 15) is 9.90 Å². The first kappa shape index (κ1) is 15.9. The van der Waals surface area contributed by atoms with Crippen LogP contribution in [0.5, 0.6) is 5.75 Å². The molecule has 0 fully saturated rings. The predicted octanol–water partition coefficient (Wildman–Crippen LogP) is 3.35. The van der Waals surface area contributed by atoms with Crippen molar-refractivity contribution in [3.05, 3.63) is 29.3 Å². The molecule has 0 atom stereocenters. The van der Waals surface area contributed by atoms with E-state index < -0.39 is 0 Å². The number of amides is 1. The fourth-order valence-electron chi connectivity index (χ4n) is 1.78. The summed E-state index contributed by atoms with van der Waals surface area (Å²) in [5, 5.41) is 12.4. The maximum absolute atomic E-state index is 11.8. The molecule has 19 heavy (non-hydrogen) atoms. The molecule has 1 aromatic rings. The van der Waals surface area contributed by atoms with Crippen LogP contribution in [-0.2, 0) is 0 Å². The van der Waals surface area contributed by atoms with Crippen LogP contribution >= 0.6 is 11.8 Å². The van der Waals surface area contributed by atoms with Crippen molar-refractivity contribution in [1.29, 1.82) is 0 Å². The minimum Gasteiger partial charge on any atom is -0.508 e. The minimum atomic E-state index is -0.112. The van der Waals surface area contributed by atoms with Crippen LogP contribution in [0.1, 0.15) is 41.6 Å². The number of hydrogen-bond donors (Lipinski definition) is 2. The van der Waals surface area contributed by atoms with Crippen LogP contribution in [-0.4, -0.2) is 29.6 Å². The Morgan fingerprint density at radius 2 is 2.00 bits per heavy atom. The second-order valence-corrected chi connectivity index (χ2v) is 5.65. The van der Waals surface area contributed by atoms with E-state index in [0.717, 1.165) is 18.4 Å². The van der Waals surface area contributed by atoms with E-state index >= 15 is 0 Å². The van der Waals surface area contributed by atoms with E-state index in [1.807, 2.05) is 18.7 Å². The van der Waals surface area contributed by atoms with Gasteiger partial charge in [0.05, 0.1) is 0 Å². The van der Waals surface area contributed by atoms with Gasteiger partial charge in [-0.3, -0.25) is 4.79 Å². The third-order valence-electron chi connectivity index (χ3n) is 3.03. The lowest BCUT2D eigenvalue weighted by atomic mass is 10.1. The Kier molecular flexibility index (Phi) is 7.41. The highest BCUT2D eigenvalue weighted by Gasteiger charge is 2.06. The first-order valence-electron chi connectivity index (χ1n) is 6.72. The van der Waals surface area contributed by atoms with Gasteiger partial charge < -0.3 is 10.4 Å². The first-order chi connectivity index (χ1) is 9.15. The smallest absolute Gasteiger partial charge is 0.251 e. The summed E-state index contributed by atoms with van der Waals surface area (Å²) in [7, 11) is 0. The molecule has 1 amide bonds. The number of phenolic OH excluding ortho intramolecular Hbond substituents is 1. The number of thioether (sulfide) groups is 1. The number of carbonyl (C=O) groups is 1. The van der Waals surface area contributed by atoms with Crippen molar-refractivity contribution in [1.82, 2.24) is 5.32 Å². The number of benzene rings is 1. The molecular weight excluding hydrogens is 258 g/mol. The van der Waals surface area contributed by atoms with Crippen molar-refractivity contribution >= 4 is 17.7 Å². The molecule has 0 aromatic heterocycles. The highest BCUT2D eigenvalue weighted by atomic mass is 32.2. The topological polar surface area (TPSA) is 49.3 Å². The minimum absolute atomic E-state index is 0.112. The first-order valence-corrected chi connectivity index (χ1v) is 8.11. The second-order valence-electron chi connectivity index (χ2n) is 4.66. The van der Waals surface area contributed by atoms with Crippen LogP contribution < -0.4 is 5.32 Å². The third kappa shape index (κ3) is 6.01. The van der Waals surface area contributed by atoms with E-state index in [1.165, 1.54) is 24.7 Å². The Bertz CT molecular complexity index is 407. The van der Waals surface area contributed by atoms with Gasteiger partial charge in [0.1, 0.15) is 5.75 Å². The SMILES string of the molecule is CSCCCCCCNC(=O)c1ccc(C)c(O)c1. The summed E-state index contributed by atoms with van der Waals surface area (Å²) in [5.41, 5.74) is 1.30. The molecule has 106 valence electrons. The summed E-state index contributed by atoms with van der Waals surface area (Å²) in [6.45, 7) is 2.51. The largest absolute Gasteiger partial charge is 0.508 e. The standard InChI is InChI=1S/C15H23NO2S/c1-12-7-8-13(11-14(12)17)15(18)16-9-5-3-4-6-10-19-2/h7-8,11,17H,3-6,9-10H2,1-2H3,(H,16,18). The van der Waals surface area contributed by atoms with Crippen molar-refractivity contribution in [2.24, 2.45) is 0 Å². The van der Waals surface area contributed by atoms with Gasteiger partial charge in [0.2, 0.25) is 0 Å². The van der Waals surface area contributed by atoms with Crippen molar-refractivity contribution < 1.29 is 9.90 Å². The van der Waals surface area contributed by atoms with Crippen molar-refractivity contribution in [2.45, 2.75) is 32.6 Å². The molecule has 0 bridgehead atoms. The Morgan fingerprint density at radius 3 is 2.68 bits per heavy atom. The van der Waals surface area contributed by atoms with Gasteiger partial charge in [0, 0.05) is 12.1 Å². The summed E-state index contributed by atoms with van der Waals surface area (Å²) in [6, 6.07) is 5.01. The average Bonchev–Trinajstić information content (AvgIpc) is 2.40. The number of rotatable bonds is 8. The Morgan fingerprint density at radius 1 is 1.26 bits per heavy atom. The number of aryl methyl sites for hydroxylation is 1. The molecule has 0 spiro atoms. The zero-order valence-corrected chi connectivity index (χ0v) is 12.6. The summed E-state index contributed by atoms with van der Waals surface area (Å²) in [5.74, 6) is 1.28. The number of hydrogen-bond acceptors (Lipinski definition) is 3. The average molecular weight is 281 g/mol. The van der Waals surface area contributed by atoms with Crippen molar-refractivity contribution in [3.8, 4) is 5.75 Å². The van der Waals surface area contributed by atoms with E-state index in [4.69, 9.17) is 0 Å². The Labute approximate surface area is 119 Å². The molecule has 2 N–H and O–H groups in total. The lowest BCUT2D eigenvalue weighted by Gasteiger charge is -2.06. The number of carbonyl (C=O) groups excluding carboxylic acids is 1. The van der Waals surface area contributed by atoms with Crippen LogP contribution in [0.3, 0.4) is 0 Å².